The molecule has 0 amide bonds. The molecular formula is C16H15F2N. The minimum Gasteiger partial charge on any atom is -0.377 e. The van der Waals surface area contributed by atoms with Crippen molar-refractivity contribution in [1.82, 2.24) is 0 Å². The Balaban J connectivity index is 2.00. The quantitative estimate of drug-likeness (QED) is 0.805. The highest BCUT2D eigenvalue weighted by Crippen LogP contribution is 2.37. The summed E-state index contributed by atoms with van der Waals surface area (Å²) in [7, 11) is 0. The molecule has 3 rings (SSSR count). The van der Waals surface area contributed by atoms with E-state index in [1.54, 1.807) is 0 Å². The highest BCUT2D eigenvalue weighted by Gasteiger charge is 2.26. The van der Waals surface area contributed by atoms with Crippen LogP contribution in [0.3, 0.4) is 0 Å². The SMILES string of the molecule is Cc1cc(C)c2c(c1)CC(c1cc(F)ccc1F)N2. The molecule has 1 unspecified atom stereocenters. The highest BCUT2D eigenvalue weighted by atomic mass is 19.1. The van der Waals surface area contributed by atoms with Crippen LogP contribution in [0.2, 0.25) is 0 Å². The molecule has 3 heteroatoms. The molecule has 2 aromatic rings. The monoisotopic (exact) mass is 259 g/mol. The van der Waals surface area contributed by atoms with Crippen LogP contribution in [0.5, 0.6) is 0 Å². The Hall–Kier alpha value is -1.90. The Labute approximate surface area is 111 Å². The second-order valence-electron chi connectivity index (χ2n) is 5.18. The summed E-state index contributed by atoms with van der Waals surface area (Å²) in [6.45, 7) is 4.08. The highest BCUT2D eigenvalue weighted by molar-refractivity contribution is 5.64. The fourth-order valence-electron chi connectivity index (χ4n) is 2.84. The maximum absolute atomic E-state index is 13.8. The van der Waals surface area contributed by atoms with E-state index in [-0.39, 0.29) is 11.9 Å². The molecule has 2 aromatic carbocycles. The predicted octanol–water partition coefficient (Wildman–Crippen LogP) is 4.29. The maximum Gasteiger partial charge on any atom is 0.128 e. The van der Waals surface area contributed by atoms with Gasteiger partial charge >= 0.3 is 0 Å². The molecule has 0 aromatic heterocycles. The van der Waals surface area contributed by atoms with Crippen molar-refractivity contribution in [2.75, 3.05) is 5.32 Å². The van der Waals surface area contributed by atoms with Gasteiger partial charge in [0.2, 0.25) is 0 Å². The largest absolute Gasteiger partial charge is 0.377 e. The van der Waals surface area contributed by atoms with Gasteiger partial charge in [-0.2, -0.15) is 0 Å². The molecule has 1 atom stereocenters. The molecule has 1 N–H and O–H groups in total. The average molecular weight is 259 g/mol. The van der Waals surface area contributed by atoms with E-state index in [0.717, 1.165) is 17.3 Å². The van der Waals surface area contributed by atoms with Crippen LogP contribution in [0, 0.1) is 25.5 Å². The molecule has 98 valence electrons. The Morgan fingerprint density at radius 2 is 1.89 bits per heavy atom. The second kappa shape index (κ2) is 4.34. The lowest BCUT2D eigenvalue weighted by atomic mass is 10.00. The molecule has 0 radical (unpaired) electrons. The number of rotatable bonds is 1. The van der Waals surface area contributed by atoms with Gasteiger partial charge in [0.1, 0.15) is 11.6 Å². The predicted molar refractivity (Wildman–Crippen MR) is 72.3 cm³/mol. The molecule has 1 aliphatic heterocycles. The minimum absolute atomic E-state index is 0.189. The first-order valence-electron chi connectivity index (χ1n) is 6.36. The summed E-state index contributed by atoms with van der Waals surface area (Å²) in [6.07, 6.45) is 0.693. The van der Waals surface area contributed by atoms with E-state index in [1.165, 1.54) is 23.3 Å². The van der Waals surface area contributed by atoms with Crippen molar-refractivity contribution in [1.29, 1.82) is 0 Å². The summed E-state index contributed by atoms with van der Waals surface area (Å²) in [5.74, 6) is -0.761. The maximum atomic E-state index is 13.8. The van der Waals surface area contributed by atoms with Crippen LogP contribution >= 0.6 is 0 Å². The molecule has 0 aliphatic carbocycles. The van der Waals surface area contributed by atoms with E-state index in [9.17, 15) is 8.78 Å². The van der Waals surface area contributed by atoms with Crippen molar-refractivity contribution in [2.24, 2.45) is 0 Å². The van der Waals surface area contributed by atoms with Gasteiger partial charge in [0.05, 0.1) is 6.04 Å². The number of hydrogen-bond donors (Lipinski definition) is 1. The van der Waals surface area contributed by atoms with Crippen molar-refractivity contribution >= 4 is 5.69 Å². The van der Waals surface area contributed by atoms with Gasteiger partial charge in [-0.05, 0) is 49.6 Å². The molecule has 1 heterocycles. The molecular weight excluding hydrogens is 244 g/mol. The van der Waals surface area contributed by atoms with Crippen molar-refractivity contribution in [3.63, 3.8) is 0 Å². The van der Waals surface area contributed by atoms with E-state index >= 15 is 0 Å². The first-order chi connectivity index (χ1) is 9.04. The molecule has 1 nitrogen and oxygen atoms in total. The fourth-order valence-corrected chi connectivity index (χ4v) is 2.84. The Morgan fingerprint density at radius 1 is 1.11 bits per heavy atom. The van der Waals surface area contributed by atoms with E-state index in [0.29, 0.717) is 12.0 Å². The van der Waals surface area contributed by atoms with E-state index in [4.69, 9.17) is 0 Å². The van der Waals surface area contributed by atoms with Gasteiger partial charge in [0.25, 0.3) is 0 Å². The number of halogens is 2. The smallest absolute Gasteiger partial charge is 0.128 e. The van der Waals surface area contributed by atoms with Crippen molar-refractivity contribution in [3.8, 4) is 0 Å². The topological polar surface area (TPSA) is 12.0 Å². The lowest BCUT2D eigenvalue weighted by molar-refractivity contribution is 0.573. The third-order valence-corrected chi connectivity index (χ3v) is 3.64. The molecule has 0 saturated heterocycles. The van der Waals surface area contributed by atoms with Crippen LogP contribution in [-0.4, -0.2) is 0 Å². The second-order valence-corrected chi connectivity index (χ2v) is 5.18. The van der Waals surface area contributed by atoms with Crippen LogP contribution in [0.4, 0.5) is 14.5 Å². The molecule has 0 fully saturated rings. The summed E-state index contributed by atoms with van der Waals surface area (Å²) in [5, 5.41) is 3.31. The molecule has 0 saturated carbocycles. The van der Waals surface area contributed by atoms with E-state index < -0.39 is 5.82 Å². The summed E-state index contributed by atoms with van der Waals surface area (Å²) in [6, 6.07) is 7.62. The normalized spacial score (nSPS) is 17.2. The van der Waals surface area contributed by atoms with Gasteiger partial charge in [0.15, 0.2) is 0 Å². The number of hydrogen-bond acceptors (Lipinski definition) is 1. The summed E-state index contributed by atoms with van der Waals surface area (Å²) in [5.41, 5.74) is 4.96. The zero-order chi connectivity index (χ0) is 13.6. The molecule has 0 spiro atoms. The van der Waals surface area contributed by atoms with Crippen LogP contribution < -0.4 is 5.32 Å². The van der Waals surface area contributed by atoms with Crippen LogP contribution in [-0.2, 0) is 6.42 Å². The van der Waals surface area contributed by atoms with Crippen molar-refractivity contribution in [3.05, 3.63) is 64.2 Å². The van der Waals surface area contributed by atoms with Gasteiger partial charge in [-0.25, -0.2) is 8.78 Å². The number of nitrogens with one attached hydrogen (secondary N) is 1. The fraction of sp³-hybridized carbons (Fsp3) is 0.250. The third-order valence-electron chi connectivity index (χ3n) is 3.64. The Bertz CT molecular complexity index is 649. The van der Waals surface area contributed by atoms with Crippen LogP contribution in [0.15, 0.2) is 30.3 Å². The number of benzene rings is 2. The first-order valence-corrected chi connectivity index (χ1v) is 6.36. The van der Waals surface area contributed by atoms with Gasteiger partial charge < -0.3 is 5.32 Å². The van der Waals surface area contributed by atoms with Crippen LogP contribution in [0.1, 0.15) is 28.3 Å². The summed E-state index contributed by atoms with van der Waals surface area (Å²) in [4.78, 5) is 0. The Morgan fingerprint density at radius 3 is 2.68 bits per heavy atom. The van der Waals surface area contributed by atoms with E-state index in [1.807, 2.05) is 13.8 Å². The summed E-state index contributed by atoms with van der Waals surface area (Å²) < 4.78 is 27.1. The van der Waals surface area contributed by atoms with Gasteiger partial charge in [0, 0.05) is 11.3 Å². The zero-order valence-electron chi connectivity index (χ0n) is 10.9. The molecule has 19 heavy (non-hydrogen) atoms. The molecule has 1 aliphatic rings. The van der Waals surface area contributed by atoms with Gasteiger partial charge in [-0.1, -0.05) is 17.7 Å². The van der Waals surface area contributed by atoms with Gasteiger partial charge in [-0.15, -0.1) is 0 Å². The lowest BCUT2D eigenvalue weighted by Gasteiger charge is -2.13. The number of fused-ring (bicyclic) bond motifs is 1. The lowest BCUT2D eigenvalue weighted by Crippen LogP contribution is -2.08. The number of anilines is 1. The van der Waals surface area contributed by atoms with Gasteiger partial charge in [-0.3, -0.25) is 0 Å². The first kappa shape index (κ1) is 12.2. The zero-order valence-corrected chi connectivity index (χ0v) is 10.9. The minimum atomic E-state index is -0.401. The Kier molecular flexibility index (Phi) is 2.77. The van der Waals surface area contributed by atoms with E-state index in [2.05, 4.69) is 17.4 Å². The standard InChI is InChI=1S/C16H15F2N/c1-9-5-10(2)16-11(6-9)7-15(19-16)13-8-12(17)3-4-14(13)18/h3-6,8,15,19H,7H2,1-2H3. The molecule has 0 bridgehead atoms. The van der Waals surface area contributed by atoms with Crippen LogP contribution in [0.25, 0.3) is 0 Å². The average Bonchev–Trinajstić information content (AvgIpc) is 2.76. The third kappa shape index (κ3) is 2.09. The summed E-state index contributed by atoms with van der Waals surface area (Å²) >= 11 is 0. The number of aryl methyl sites for hydroxylation is 2. The van der Waals surface area contributed by atoms with Crippen molar-refractivity contribution < 1.29 is 8.78 Å². The van der Waals surface area contributed by atoms with Crippen molar-refractivity contribution in [2.45, 2.75) is 26.3 Å².